The van der Waals surface area contributed by atoms with Crippen molar-refractivity contribution in [3.63, 3.8) is 0 Å². The van der Waals surface area contributed by atoms with Crippen LogP contribution in [0.15, 0.2) is 41.0 Å². The average Bonchev–Trinajstić information content (AvgIpc) is 2.89. The summed E-state index contributed by atoms with van der Waals surface area (Å²) in [4.78, 5) is 9.69. The molecule has 0 bridgehead atoms. The van der Waals surface area contributed by atoms with Crippen molar-refractivity contribution in [2.75, 3.05) is 13.6 Å². The van der Waals surface area contributed by atoms with Crippen molar-refractivity contribution < 1.29 is 0 Å². The molecule has 2 rings (SSSR count). The first-order valence-corrected chi connectivity index (χ1v) is 7.54. The molecule has 2 heterocycles. The molecule has 0 aromatic carbocycles. The molecule has 106 valence electrons. The van der Waals surface area contributed by atoms with Crippen LogP contribution in [0.3, 0.4) is 0 Å². The molecule has 0 aliphatic carbocycles. The molecular formula is C15H20N4S. The van der Waals surface area contributed by atoms with Crippen molar-refractivity contribution in [1.29, 1.82) is 0 Å². The quantitative estimate of drug-likeness (QED) is 0.656. The predicted molar refractivity (Wildman–Crippen MR) is 85.2 cm³/mol. The summed E-state index contributed by atoms with van der Waals surface area (Å²) in [7, 11) is 1.79. The maximum atomic E-state index is 4.23. The van der Waals surface area contributed by atoms with E-state index in [0.29, 0.717) is 0 Å². The van der Waals surface area contributed by atoms with Gasteiger partial charge >= 0.3 is 0 Å². The van der Waals surface area contributed by atoms with Crippen molar-refractivity contribution in [3.8, 4) is 0 Å². The Balaban J connectivity index is 1.74. The number of guanidine groups is 1. The predicted octanol–water partition coefficient (Wildman–Crippen LogP) is 2.36. The minimum Gasteiger partial charge on any atom is -0.356 e. The number of thiophene rings is 1. The summed E-state index contributed by atoms with van der Waals surface area (Å²) in [5.41, 5.74) is 2.55. The van der Waals surface area contributed by atoms with Gasteiger partial charge in [-0.05, 0) is 42.0 Å². The fourth-order valence-electron chi connectivity index (χ4n) is 1.84. The van der Waals surface area contributed by atoms with Crippen LogP contribution in [-0.4, -0.2) is 24.5 Å². The van der Waals surface area contributed by atoms with Crippen molar-refractivity contribution in [2.45, 2.75) is 19.9 Å². The van der Waals surface area contributed by atoms with Gasteiger partial charge in [0.05, 0.1) is 6.54 Å². The molecule has 0 saturated carbocycles. The number of nitrogens with zero attached hydrogens (tertiary/aromatic N) is 2. The highest BCUT2D eigenvalue weighted by Crippen LogP contribution is 2.14. The highest BCUT2D eigenvalue weighted by atomic mass is 32.1. The molecule has 0 saturated heterocycles. The standard InChI is InChI=1S/C15H20N4S/c1-12-6-9-20-14(12)11-19-15(16-2)18-8-5-13-4-3-7-17-10-13/h3-4,6-7,9-10H,5,8,11H2,1-2H3,(H2,16,18,19). The molecule has 0 radical (unpaired) electrons. The van der Waals surface area contributed by atoms with Gasteiger partial charge in [-0.2, -0.15) is 0 Å². The van der Waals surface area contributed by atoms with Crippen molar-refractivity contribution in [2.24, 2.45) is 4.99 Å². The Morgan fingerprint density at radius 2 is 2.25 bits per heavy atom. The van der Waals surface area contributed by atoms with Crippen LogP contribution in [0.25, 0.3) is 0 Å². The number of pyridine rings is 1. The molecule has 2 aromatic rings. The van der Waals surface area contributed by atoms with E-state index in [-0.39, 0.29) is 0 Å². The summed E-state index contributed by atoms with van der Waals surface area (Å²) in [6.45, 7) is 3.79. The van der Waals surface area contributed by atoms with Gasteiger partial charge in [0.25, 0.3) is 0 Å². The van der Waals surface area contributed by atoms with E-state index < -0.39 is 0 Å². The van der Waals surface area contributed by atoms with Crippen LogP contribution in [-0.2, 0) is 13.0 Å². The smallest absolute Gasteiger partial charge is 0.191 e. The Hall–Kier alpha value is -1.88. The fraction of sp³-hybridized carbons (Fsp3) is 0.333. The van der Waals surface area contributed by atoms with E-state index in [9.17, 15) is 0 Å². The lowest BCUT2D eigenvalue weighted by Crippen LogP contribution is -2.37. The minimum absolute atomic E-state index is 0.816. The van der Waals surface area contributed by atoms with E-state index in [4.69, 9.17) is 0 Å². The fourth-order valence-corrected chi connectivity index (χ4v) is 2.69. The zero-order chi connectivity index (χ0) is 14.2. The Morgan fingerprint density at radius 1 is 1.35 bits per heavy atom. The molecule has 5 heteroatoms. The maximum absolute atomic E-state index is 4.23. The van der Waals surface area contributed by atoms with Crippen LogP contribution in [0.1, 0.15) is 16.0 Å². The molecular weight excluding hydrogens is 268 g/mol. The third-order valence-corrected chi connectivity index (χ3v) is 4.06. The molecule has 0 aliphatic heterocycles. The van der Waals surface area contributed by atoms with Crippen molar-refractivity contribution in [1.82, 2.24) is 15.6 Å². The van der Waals surface area contributed by atoms with Crippen LogP contribution in [0, 0.1) is 6.92 Å². The molecule has 2 aromatic heterocycles. The zero-order valence-corrected chi connectivity index (χ0v) is 12.7. The SMILES string of the molecule is CN=C(NCCc1cccnc1)NCc1sccc1C. The van der Waals surface area contributed by atoms with Crippen molar-refractivity contribution in [3.05, 3.63) is 52.0 Å². The van der Waals surface area contributed by atoms with Crippen LogP contribution >= 0.6 is 11.3 Å². The topological polar surface area (TPSA) is 49.3 Å². The summed E-state index contributed by atoms with van der Waals surface area (Å²) in [5, 5.41) is 8.76. The van der Waals surface area contributed by atoms with E-state index in [0.717, 1.165) is 25.5 Å². The Bertz CT molecular complexity index is 548. The highest BCUT2D eigenvalue weighted by molar-refractivity contribution is 7.10. The number of aliphatic imine (C=N–C) groups is 1. The molecule has 4 nitrogen and oxygen atoms in total. The summed E-state index contributed by atoms with van der Waals surface area (Å²) in [6, 6.07) is 6.18. The minimum atomic E-state index is 0.816. The van der Waals surface area contributed by atoms with Gasteiger partial charge in [-0.3, -0.25) is 9.98 Å². The van der Waals surface area contributed by atoms with Crippen LogP contribution in [0.5, 0.6) is 0 Å². The molecule has 0 amide bonds. The lowest BCUT2D eigenvalue weighted by molar-refractivity contribution is 0.796. The third kappa shape index (κ3) is 4.35. The molecule has 0 fully saturated rings. The van der Waals surface area contributed by atoms with E-state index >= 15 is 0 Å². The Labute approximate surface area is 124 Å². The lowest BCUT2D eigenvalue weighted by atomic mass is 10.2. The number of aromatic nitrogens is 1. The van der Waals surface area contributed by atoms with Gasteiger partial charge in [0.15, 0.2) is 5.96 Å². The van der Waals surface area contributed by atoms with Crippen LogP contribution < -0.4 is 10.6 Å². The number of hydrogen-bond donors (Lipinski definition) is 2. The molecule has 0 unspecified atom stereocenters. The van der Waals surface area contributed by atoms with Gasteiger partial charge in [-0.25, -0.2) is 0 Å². The van der Waals surface area contributed by atoms with E-state index in [1.807, 2.05) is 12.3 Å². The van der Waals surface area contributed by atoms with E-state index in [1.54, 1.807) is 24.6 Å². The van der Waals surface area contributed by atoms with Crippen LogP contribution in [0.2, 0.25) is 0 Å². The Morgan fingerprint density at radius 3 is 2.90 bits per heavy atom. The summed E-state index contributed by atoms with van der Waals surface area (Å²) >= 11 is 1.77. The first-order valence-electron chi connectivity index (χ1n) is 6.66. The van der Waals surface area contributed by atoms with Gasteiger partial charge in [0.2, 0.25) is 0 Å². The first kappa shape index (κ1) is 14.5. The monoisotopic (exact) mass is 288 g/mol. The number of rotatable bonds is 5. The van der Waals surface area contributed by atoms with Gasteiger partial charge in [0.1, 0.15) is 0 Å². The highest BCUT2D eigenvalue weighted by Gasteiger charge is 2.02. The molecule has 0 atom stereocenters. The second-order valence-corrected chi connectivity index (χ2v) is 5.49. The second kappa shape index (κ2) is 7.65. The number of aryl methyl sites for hydroxylation is 1. The molecule has 0 spiro atoms. The Kier molecular flexibility index (Phi) is 5.55. The van der Waals surface area contributed by atoms with Crippen molar-refractivity contribution >= 4 is 17.3 Å². The summed E-state index contributed by atoms with van der Waals surface area (Å²) in [5.74, 6) is 0.835. The van der Waals surface area contributed by atoms with E-state index in [2.05, 4.69) is 45.0 Å². The zero-order valence-electron chi connectivity index (χ0n) is 11.9. The van der Waals surface area contributed by atoms with Crippen LogP contribution in [0.4, 0.5) is 0 Å². The maximum Gasteiger partial charge on any atom is 0.191 e. The van der Waals surface area contributed by atoms with E-state index in [1.165, 1.54) is 16.0 Å². The second-order valence-electron chi connectivity index (χ2n) is 4.49. The van der Waals surface area contributed by atoms with Gasteiger partial charge in [0, 0.05) is 30.9 Å². The van der Waals surface area contributed by atoms with Gasteiger partial charge < -0.3 is 10.6 Å². The molecule has 2 N–H and O–H groups in total. The van der Waals surface area contributed by atoms with Gasteiger partial charge in [-0.15, -0.1) is 11.3 Å². The van der Waals surface area contributed by atoms with Gasteiger partial charge in [-0.1, -0.05) is 6.07 Å². The third-order valence-electron chi connectivity index (χ3n) is 3.04. The summed E-state index contributed by atoms with van der Waals surface area (Å²) < 4.78 is 0. The first-order chi connectivity index (χ1) is 9.79. The summed E-state index contributed by atoms with van der Waals surface area (Å²) in [6.07, 6.45) is 4.63. The molecule has 20 heavy (non-hydrogen) atoms. The number of nitrogens with one attached hydrogen (secondary N) is 2. The normalized spacial score (nSPS) is 11.4. The largest absolute Gasteiger partial charge is 0.356 e. The molecule has 0 aliphatic rings. The lowest BCUT2D eigenvalue weighted by Gasteiger charge is -2.11. The number of hydrogen-bond acceptors (Lipinski definition) is 3. The average molecular weight is 288 g/mol.